The first kappa shape index (κ1) is 16.7. The van der Waals surface area contributed by atoms with Crippen LogP contribution in [0.4, 0.5) is 0 Å². The Bertz CT molecular complexity index is 724. The summed E-state index contributed by atoms with van der Waals surface area (Å²) in [4.78, 5) is 19.9. The zero-order valence-electron chi connectivity index (χ0n) is 13.9. The molecule has 8 heteroatoms. The molecule has 1 saturated heterocycles. The average molecular weight is 363 g/mol. The maximum atomic E-state index is 12.8. The van der Waals surface area contributed by atoms with E-state index in [1.165, 1.54) is 11.3 Å². The number of aliphatic hydroxyl groups is 1. The fraction of sp³-hybridized carbons (Fsp3) is 0.588. The normalized spacial score (nSPS) is 23.1. The van der Waals surface area contributed by atoms with Crippen molar-refractivity contribution in [1.82, 2.24) is 15.0 Å². The van der Waals surface area contributed by atoms with Crippen LogP contribution in [0.3, 0.4) is 0 Å². The molecule has 2 aliphatic rings. The Morgan fingerprint density at radius 3 is 3.04 bits per heavy atom. The third-order valence-corrected chi connectivity index (χ3v) is 5.80. The number of carbonyl (C=O) groups is 1. The topological polar surface area (TPSA) is 88.7 Å². The molecule has 1 atom stereocenters. The van der Waals surface area contributed by atoms with Gasteiger partial charge in [-0.25, -0.2) is 0 Å². The molecule has 1 aliphatic carbocycles. The Morgan fingerprint density at radius 1 is 1.44 bits per heavy atom. The number of rotatable bonds is 4. The Morgan fingerprint density at radius 2 is 2.28 bits per heavy atom. The molecule has 0 aromatic carbocycles. The van der Waals surface area contributed by atoms with Crippen molar-refractivity contribution < 1.29 is 19.2 Å². The first-order valence-corrected chi connectivity index (χ1v) is 9.50. The predicted molar refractivity (Wildman–Crippen MR) is 90.9 cm³/mol. The molecule has 1 amide bonds. The fourth-order valence-electron chi connectivity index (χ4n) is 3.58. The predicted octanol–water partition coefficient (Wildman–Crippen LogP) is 2.39. The van der Waals surface area contributed by atoms with Gasteiger partial charge >= 0.3 is 0 Å². The van der Waals surface area contributed by atoms with Crippen molar-refractivity contribution in [3.05, 3.63) is 23.4 Å². The van der Waals surface area contributed by atoms with E-state index in [1.54, 1.807) is 4.90 Å². The lowest BCUT2D eigenvalue weighted by Crippen LogP contribution is -2.46. The third kappa shape index (κ3) is 3.47. The number of aromatic nitrogens is 2. The van der Waals surface area contributed by atoms with Crippen LogP contribution in [0, 0.1) is 0 Å². The highest BCUT2D eigenvalue weighted by Gasteiger charge is 2.39. The van der Waals surface area contributed by atoms with Crippen LogP contribution in [0.2, 0.25) is 0 Å². The highest BCUT2D eigenvalue weighted by molar-refractivity contribution is 7.13. The highest BCUT2D eigenvalue weighted by atomic mass is 32.1. The van der Waals surface area contributed by atoms with Crippen LogP contribution in [0.15, 0.2) is 22.0 Å². The van der Waals surface area contributed by atoms with Gasteiger partial charge in [-0.05, 0) is 24.3 Å². The highest BCUT2D eigenvalue weighted by Crippen LogP contribution is 2.34. The van der Waals surface area contributed by atoms with Gasteiger partial charge in [-0.2, -0.15) is 4.98 Å². The van der Waals surface area contributed by atoms with Crippen LogP contribution >= 0.6 is 11.3 Å². The first-order chi connectivity index (χ1) is 12.1. The molecule has 2 aromatic rings. The van der Waals surface area contributed by atoms with Gasteiger partial charge in [0.05, 0.1) is 30.1 Å². The van der Waals surface area contributed by atoms with Crippen molar-refractivity contribution in [2.45, 2.75) is 43.7 Å². The van der Waals surface area contributed by atoms with E-state index >= 15 is 0 Å². The molecule has 1 aliphatic heterocycles. The molecule has 1 N–H and O–H groups in total. The monoisotopic (exact) mass is 363 g/mol. The molecule has 2 fully saturated rings. The molecule has 0 radical (unpaired) electrons. The van der Waals surface area contributed by atoms with E-state index in [-0.39, 0.29) is 12.3 Å². The number of carbonyl (C=O) groups excluding carboxylic acids is 1. The maximum absolute atomic E-state index is 12.8. The van der Waals surface area contributed by atoms with Gasteiger partial charge in [-0.1, -0.05) is 24.1 Å². The second-order valence-electron chi connectivity index (χ2n) is 6.72. The van der Waals surface area contributed by atoms with E-state index in [4.69, 9.17) is 9.26 Å². The number of hydrogen-bond acceptors (Lipinski definition) is 7. The van der Waals surface area contributed by atoms with Crippen molar-refractivity contribution in [2.24, 2.45) is 0 Å². The van der Waals surface area contributed by atoms with Gasteiger partial charge < -0.3 is 19.3 Å². The van der Waals surface area contributed by atoms with Crippen molar-refractivity contribution in [3.63, 3.8) is 0 Å². The van der Waals surface area contributed by atoms with Gasteiger partial charge in [0.2, 0.25) is 11.7 Å². The lowest BCUT2D eigenvalue weighted by atomic mass is 9.96. The minimum absolute atomic E-state index is 0.0754. The van der Waals surface area contributed by atoms with Crippen molar-refractivity contribution in [2.75, 3.05) is 19.8 Å². The summed E-state index contributed by atoms with van der Waals surface area (Å²) < 4.78 is 10.9. The van der Waals surface area contributed by atoms with E-state index in [0.717, 1.165) is 17.7 Å². The molecule has 3 heterocycles. The summed E-state index contributed by atoms with van der Waals surface area (Å²) in [6, 6.07) is 3.46. The Hall–Kier alpha value is -1.77. The van der Waals surface area contributed by atoms with Gasteiger partial charge in [0, 0.05) is 6.54 Å². The summed E-state index contributed by atoms with van der Waals surface area (Å²) in [6.07, 6.45) is 3.48. The zero-order chi connectivity index (χ0) is 17.3. The van der Waals surface area contributed by atoms with E-state index in [2.05, 4.69) is 10.1 Å². The smallest absolute Gasteiger partial charge is 0.252 e. The van der Waals surface area contributed by atoms with Gasteiger partial charge in [0.25, 0.3) is 5.89 Å². The first-order valence-electron chi connectivity index (χ1n) is 8.62. The Kier molecular flexibility index (Phi) is 4.58. The third-order valence-electron chi connectivity index (χ3n) is 4.93. The molecule has 134 valence electrons. The van der Waals surface area contributed by atoms with Gasteiger partial charge in [0.15, 0.2) is 0 Å². The summed E-state index contributed by atoms with van der Waals surface area (Å²) in [6.45, 7) is 1.28. The molecule has 1 saturated carbocycles. The van der Waals surface area contributed by atoms with E-state index in [0.29, 0.717) is 44.3 Å². The molecule has 2 aromatic heterocycles. The minimum atomic E-state index is -0.864. The molecule has 7 nitrogen and oxygen atoms in total. The second-order valence-corrected chi connectivity index (χ2v) is 7.67. The van der Waals surface area contributed by atoms with Crippen LogP contribution in [-0.2, 0) is 9.53 Å². The quantitative estimate of drug-likeness (QED) is 0.897. The molecule has 0 bridgehead atoms. The van der Waals surface area contributed by atoms with Crippen LogP contribution in [0.25, 0.3) is 10.7 Å². The molecule has 0 spiro atoms. The largest absolute Gasteiger partial charge is 0.389 e. The van der Waals surface area contributed by atoms with E-state index in [1.807, 2.05) is 17.5 Å². The lowest BCUT2D eigenvalue weighted by Gasteiger charge is -2.35. The standard InChI is InChI=1S/C17H21N3O4S/c21-14(10-17(22)5-1-2-6-17)20-7-8-23-11-12(20)16-18-15(19-24-16)13-4-3-9-25-13/h3-4,9,12,22H,1-2,5-8,10-11H2. The second kappa shape index (κ2) is 6.86. The SMILES string of the molecule is O=C(CC1(O)CCCC1)N1CCOCC1c1nc(-c2cccs2)no1. The maximum Gasteiger partial charge on any atom is 0.252 e. The Balaban J connectivity index is 1.52. The van der Waals surface area contributed by atoms with Gasteiger partial charge in [0.1, 0.15) is 6.04 Å². The number of morpholine rings is 1. The van der Waals surface area contributed by atoms with E-state index < -0.39 is 11.6 Å². The van der Waals surface area contributed by atoms with E-state index in [9.17, 15) is 9.90 Å². The fourth-order valence-corrected chi connectivity index (χ4v) is 4.23. The minimum Gasteiger partial charge on any atom is -0.389 e. The number of thiophene rings is 1. The summed E-state index contributed by atoms with van der Waals surface area (Å²) in [7, 11) is 0. The molecule has 4 rings (SSSR count). The summed E-state index contributed by atoms with van der Waals surface area (Å²) in [5.74, 6) is 0.834. The Labute approximate surface area is 149 Å². The van der Waals surface area contributed by atoms with Crippen molar-refractivity contribution in [1.29, 1.82) is 0 Å². The van der Waals surface area contributed by atoms with Crippen molar-refractivity contribution in [3.8, 4) is 10.7 Å². The summed E-state index contributed by atoms with van der Waals surface area (Å²) >= 11 is 1.53. The summed E-state index contributed by atoms with van der Waals surface area (Å²) in [5.41, 5.74) is -0.864. The van der Waals surface area contributed by atoms with Gasteiger partial charge in [-0.15, -0.1) is 11.3 Å². The van der Waals surface area contributed by atoms with Crippen LogP contribution in [0.1, 0.15) is 44.0 Å². The number of nitrogens with zero attached hydrogens (tertiary/aromatic N) is 3. The molecule has 1 unspecified atom stereocenters. The van der Waals surface area contributed by atoms with Crippen LogP contribution in [-0.4, -0.2) is 51.4 Å². The number of amides is 1. The van der Waals surface area contributed by atoms with Crippen LogP contribution < -0.4 is 0 Å². The number of hydrogen-bond donors (Lipinski definition) is 1. The zero-order valence-corrected chi connectivity index (χ0v) is 14.7. The summed E-state index contributed by atoms with van der Waals surface area (Å²) in [5, 5.41) is 16.5. The van der Waals surface area contributed by atoms with Gasteiger partial charge in [-0.3, -0.25) is 4.79 Å². The average Bonchev–Trinajstić information content (AvgIpc) is 3.36. The number of ether oxygens (including phenoxy) is 1. The van der Waals surface area contributed by atoms with Crippen LogP contribution in [0.5, 0.6) is 0 Å². The van der Waals surface area contributed by atoms with Crippen molar-refractivity contribution >= 4 is 17.2 Å². The molecular weight excluding hydrogens is 342 g/mol. The lowest BCUT2D eigenvalue weighted by molar-refractivity contribution is -0.146. The molecular formula is C17H21N3O4S. The molecule has 25 heavy (non-hydrogen) atoms.